The lowest BCUT2D eigenvalue weighted by Gasteiger charge is -2.18. The second-order valence-electron chi connectivity index (χ2n) is 8.23. The van der Waals surface area contributed by atoms with E-state index >= 15 is 0 Å². The van der Waals surface area contributed by atoms with Crippen molar-refractivity contribution in [1.29, 1.82) is 0 Å². The van der Waals surface area contributed by atoms with Gasteiger partial charge in [-0.15, -0.1) is 0 Å². The van der Waals surface area contributed by atoms with Gasteiger partial charge in [-0.05, 0) is 36.1 Å². The molecule has 0 spiro atoms. The van der Waals surface area contributed by atoms with Crippen molar-refractivity contribution in [2.75, 3.05) is 10.6 Å². The number of anilines is 2. The van der Waals surface area contributed by atoms with Gasteiger partial charge in [0.15, 0.2) is 0 Å². The molecule has 5 rings (SSSR count). The first-order valence-electron chi connectivity index (χ1n) is 11.3. The average Bonchev–Trinajstić information content (AvgIpc) is 3.39. The van der Waals surface area contributed by atoms with Crippen molar-refractivity contribution in [3.8, 4) is 0 Å². The first-order valence-corrected chi connectivity index (χ1v) is 11.3. The maximum absolute atomic E-state index is 13.5. The molecule has 0 unspecified atom stereocenters. The van der Waals surface area contributed by atoms with Crippen molar-refractivity contribution >= 4 is 28.2 Å². The van der Waals surface area contributed by atoms with Crippen LogP contribution >= 0.6 is 0 Å². The molecule has 1 amide bonds. The third-order valence-corrected chi connectivity index (χ3v) is 5.89. The van der Waals surface area contributed by atoms with E-state index in [2.05, 4.69) is 15.6 Å². The zero-order valence-electron chi connectivity index (χ0n) is 19.2. The van der Waals surface area contributed by atoms with Gasteiger partial charge in [-0.25, -0.2) is 4.98 Å². The summed E-state index contributed by atoms with van der Waals surface area (Å²) in [5.41, 5.74) is 2.18. The molecule has 2 N–H and O–H groups in total. The van der Waals surface area contributed by atoms with Gasteiger partial charge in [0.25, 0.3) is 11.5 Å². The fraction of sp³-hybridized carbons (Fsp3) is 0.107. The van der Waals surface area contributed by atoms with E-state index in [4.69, 9.17) is 4.42 Å². The molecule has 3 heterocycles. The Labute approximate surface area is 202 Å². The molecule has 0 saturated carbocycles. The number of hydrogen-bond acceptors (Lipinski definition) is 5. The monoisotopic (exact) mass is 464 g/mol. The van der Waals surface area contributed by atoms with E-state index in [1.807, 2.05) is 60.7 Å². The summed E-state index contributed by atoms with van der Waals surface area (Å²) in [7, 11) is 0. The number of amides is 1. The van der Waals surface area contributed by atoms with Gasteiger partial charge in [0.05, 0.1) is 24.1 Å². The number of nitrogens with one attached hydrogen (secondary N) is 2. The largest absolute Gasteiger partial charge is 0.467 e. The van der Waals surface area contributed by atoms with E-state index in [1.165, 1.54) is 10.6 Å². The molecule has 174 valence electrons. The summed E-state index contributed by atoms with van der Waals surface area (Å²) in [6.45, 7) is 2.46. The van der Waals surface area contributed by atoms with Crippen LogP contribution in [0.1, 0.15) is 27.4 Å². The molecule has 0 aliphatic carbocycles. The molecule has 7 nitrogen and oxygen atoms in total. The van der Waals surface area contributed by atoms with Gasteiger partial charge in [0.1, 0.15) is 11.6 Å². The predicted molar refractivity (Wildman–Crippen MR) is 137 cm³/mol. The number of carbonyl (C=O) groups excluding carboxylic acids is 1. The van der Waals surface area contributed by atoms with Crippen LogP contribution in [0.3, 0.4) is 0 Å². The van der Waals surface area contributed by atoms with Gasteiger partial charge < -0.3 is 19.6 Å². The molecular weight excluding hydrogens is 440 g/mol. The topological polar surface area (TPSA) is 89.2 Å². The molecule has 5 aromatic rings. The number of carbonyl (C=O) groups is 1. The zero-order chi connectivity index (χ0) is 24.2. The van der Waals surface area contributed by atoms with Crippen molar-refractivity contribution in [2.24, 2.45) is 0 Å². The van der Waals surface area contributed by atoms with Crippen molar-refractivity contribution in [3.63, 3.8) is 0 Å². The van der Waals surface area contributed by atoms with Crippen LogP contribution in [0.15, 0.2) is 101 Å². The summed E-state index contributed by atoms with van der Waals surface area (Å²) in [5, 5.41) is 8.14. The van der Waals surface area contributed by atoms with Crippen LogP contribution in [-0.2, 0) is 13.1 Å². The fourth-order valence-electron chi connectivity index (χ4n) is 4.07. The molecule has 0 fully saturated rings. The minimum absolute atomic E-state index is 0.227. The first-order chi connectivity index (χ1) is 17.1. The van der Waals surface area contributed by atoms with Crippen LogP contribution in [0.2, 0.25) is 0 Å². The summed E-state index contributed by atoms with van der Waals surface area (Å²) in [6.07, 6.45) is 3.29. The lowest BCUT2D eigenvalue weighted by molar-refractivity contribution is 0.102. The Kier molecular flexibility index (Phi) is 6.13. The number of hydrogen-bond donors (Lipinski definition) is 2. The van der Waals surface area contributed by atoms with Gasteiger partial charge in [-0.1, -0.05) is 54.6 Å². The summed E-state index contributed by atoms with van der Waals surface area (Å²) < 4.78 is 6.97. The molecule has 35 heavy (non-hydrogen) atoms. The molecule has 0 aliphatic rings. The molecule has 7 heteroatoms. The predicted octanol–water partition coefficient (Wildman–Crippen LogP) is 5.21. The number of aromatic nitrogens is 2. The molecular formula is C28H24N4O3. The lowest BCUT2D eigenvalue weighted by Crippen LogP contribution is -2.28. The third-order valence-electron chi connectivity index (χ3n) is 5.89. The maximum Gasteiger partial charge on any atom is 0.260 e. The third kappa shape index (κ3) is 4.84. The van der Waals surface area contributed by atoms with Gasteiger partial charge in [0.2, 0.25) is 0 Å². The van der Waals surface area contributed by atoms with Crippen molar-refractivity contribution in [3.05, 3.63) is 124 Å². The van der Waals surface area contributed by atoms with Crippen molar-refractivity contribution in [1.82, 2.24) is 9.55 Å². The Morgan fingerprint density at radius 3 is 2.51 bits per heavy atom. The van der Waals surface area contributed by atoms with E-state index in [-0.39, 0.29) is 18.0 Å². The van der Waals surface area contributed by atoms with Crippen LogP contribution in [-0.4, -0.2) is 15.5 Å². The molecule has 0 radical (unpaired) electrons. The molecule has 0 saturated heterocycles. The smallest absolute Gasteiger partial charge is 0.260 e. The zero-order valence-corrected chi connectivity index (χ0v) is 19.2. The van der Waals surface area contributed by atoms with Gasteiger partial charge in [0, 0.05) is 29.9 Å². The summed E-state index contributed by atoms with van der Waals surface area (Å²) in [6, 6.07) is 24.5. The van der Waals surface area contributed by atoms with Gasteiger partial charge in [-0.3, -0.25) is 9.59 Å². The number of furan rings is 1. The molecule has 3 aromatic heterocycles. The Bertz CT molecular complexity index is 1540. The second-order valence-corrected chi connectivity index (χ2v) is 8.23. The van der Waals surface area contributed by atoms with E-state index in [0.717, 1.165) is 16.3 Å². The fourth-order valence-corrected chi connectivity index (χ4v) is 4.07. The summed E-state index contributed by atoms with van der Waals surface area (Å²) in [5.74, 6) is 0.711. The minimum atomic E-state index is -0.353. The van der Waals surface area contributed by atoms with Crippen LogP contribution in [0.4, 0.5) is 11.5 Å². The first kappa shape index (κ1) is 22.2. The summed E-state index contributed by atoms with van der Waals surface area (Å²) >= 11 is 0. The summed E-state index contributed by atoms with van der Waals surface area (Å²) in [4.78, 5) is 30.9. The number of rotatable bonds is 7. The van der Waals surface area contributed by atoms with Crippen molar-refractivity contribution in [2.45, 2.75) is 20.0 Å². The van der Waals surface area contributed by atoms with Crippen LogP contribution in [0.5, 0.6) is 0 Å². The maximum atomic E-state index is 13.5. The normalized spacial score (nSPS) is 10.9. The Morgan fingerprint density at radius 2 is 1.74 bits per heavy atom. The van der Waals surface area contributed by atoms with Crippen molar-refractivity contribution < 1.29 is 9.21 Å². The highest BCUT2D eigenvalue weighted by molar-refractivity contribution is 6.09. The van der Waals surface area contributed by atoms with Gasteiger partial charge >= 0.3 is 0 Å². The van der Waals surface area contributed by atoms with Gasteiger partial charge in [-0.2, -0.15) is 0 Å². The number of fused-ring (bicyclic) bond motifs is 1. The van der Waals surface area contributed by atoms with E-state index in [1.54, 1.807) is 31.5 Å². The number of nitrogens with zero attached hydrogens (tertiary/aromatic N) is 2. The number of pyridine rings is 2. The molecule has 0 atom stereocenters. The van der Waals surface area contributed by atoms with Crippen LogP contribution in [0.25, 0.3) is 10.8 Å². The van der Waals surface area contributed by atoms with E-state index < -0.39 is 0 Å². The highest BCUT2D eigenvalue weighted by Crippen LogP contribution is 2.22. The SMILES string of the molecule is Cc1c(C(=O)Nc2cc3ccccc3cn2)c(NCc2ccccc2)cc(=O)n1Cc1ccco1. The Morgan fingerprint density at radius 1 is 0.971 bits per heavy atom. The molecule has 0 bridgehead atoms. The Hall–Kier alpha value is -4.65. The van der Waals surface area contributed by atoms with E-state index in [9.17, 15) is 9.59 Å². The highest BCUT2D eigenvalue weighted by Gasteiger charge is 2.20. The highest BCUT2D eigenvalue weighted by atomic mass is 16.3. The molecule has 2 aromatic carbocycles. The van der Waals surface area contributed by atoms with Crippen LogP contribution < -0.4 is 16.2 Å². The standard InChI is InChI=1S/C28H24N4O3/c1-19-27(28(34)31-25-14-21-10-5-6-11-22(21)17-30-25)24(29-16-20-8-3-2-4-9-20)15-26(33)32(19)18-23-12-7-13-35-23/h2-15,17,29H,16,18H2,1H3,(H,30,31,34). The average molecular weight is 465 g/mol. The second kappa shape index (κ2) is 9.69. The molecule has 0 aliphatic heterocycles. The van der Waals surface area contributed by atoms with Crippen LogP contribution in [0, 0.1) is 6.92 Å². The van der Waals surface area contributed by atoms with E-state index in [0.29, 0.717) is 35.1 Å². The quantitative estimate of drug-likeness (QED) is 0.345. The Balaban J connectivity index is 1.51. The lowest BCUT2D eigenvalue weighted by atomic mass is 10.1. The minimum Gasteiger partial charge on any atom is -0.467 e. The number of benzene rings is 2.